The van der Waals surface area contributed by atoms with E-state index in [1.807, 2.05) is 6.92 Å². The van der Waals surface area contributed by atoms with Crippen LogP contribution in [0.15, 0.2) is 53.7 Å². The first kappa shape index (κ1) is 12.7. The molecule has 20 heavy (non-hydrogen) atoms. The van der Waals surface area contributed by atoms with Crippen LogP contribution in [0.5, 0.6) is 5.75 Å². The van der Waals surface area contributed by atoms with E-state index in [0.29, 0.717) is 5.39 Å². The molecule has 0 unspecified atom stereocenters. The van der Waals surface area contributed by atoms with Crippen LogP contribution in [-0.2, 0) is 10.0 Å². The summed E-state index contributed by atoms with van der Waals surface area (Å²) in [5.41, 5.74) is 1.20. The largest absolute Gasteiger partial charge is 0.507 e. The number of pyridine rings is 1. The minimum absolute atomic E-state index is 0.00727. The van der Waals surface area contributed by atoms with Gasteiger partial charge in [-0.05, 0) is 31.2 Å². The summed E-state index contributed by atoms with van der Waals surface area (Å²) in [5, 5.41) is 10.1. The third kappa shape index (κ3) is 1.85. The van der Waals surface area contributed by atoms with Gasteiger partial charge in [0.05, 0.1) is 10.3 Å². The molecule has 0 amide bonds. The van der Waals surface area contributed by atoms with Crippen molar-refractivity contribution in [1.29, 1.82) is 0 Å². The van der Waals surface area contributed by atoms with Crippen LogP contribution < -0.4 is 0 Å². The minimum Gasteiger partial charge on any atom is -0.507 e. The van der Waals surface area contributed by atoms with Gasteiger partial charge in [0.2, 0.25) is 0 Å². The Balaban J connectivity index is 2.24. The molecule has 0 atom stereocenters. The van der Waals surface area contributed by atoms with Gasteiger partial charge < -0.3 is 5.11 Å². The second-order valence-electron chi connectivity index (χ2n) is 4.50. The van der Waals surface area contributed by atoms with Crippen LogP contribution in [0.4, 0.5) is 0 Å². The Morgan fingerprint density at radius 1 is 1.10 bits per heavy atom. The molecule has 5 nitrogen and oxygen atoms in total. The Bertz CT molecular complexity index is 880. The van der Waals surface area contributed by atoms with Crippen LogP contribution in [-0.4, -0.2) is 22.5 Å². The van der Waals surface area contributed by atoms with Gasteiger partial charge in [0.15, 0.2) is 5.65 Å². The van der Waals surface area contributed by atoms with E-state index in [-0.39, 0.29) is 16.3 Å². The molecule has 0 bridgehead atoms. The van der Waals surface area contributed by atoms with Crippen molar-refractivity contribution in [3.8, 4) is 5.75 Å². The molecular weight excluding hydrogens is 276 g/mol. The van der Waals surface area contributed by atoms with Crippen molar-refractivity contribution in [3.63, 3.8) is 0 Å². The lowest BCUT2D eigenvalue weighted by Gasteiger charge is -2.07. The van der Waals surface area contributed by atoms with Gasteiger partial charge in [0.25, 0.3) is 10.0 Å². The Labute approximate surface area is 116 Å². The zero-order valence-corrected chi connectivity index (χ0v) is 11.5. The van der Waals surface area contributed by atoms with E-state index in [1.54, 1.807) is 24.3 Å². The molecule has 0 aliphatic carbocycles. The van der Waals surface area contributed by atoms with E-state index in [1.165, 1.54) is 24.5 Å². The Morgan fingerprint density at radius 2 is 1.80 bits per heavy atom. The van der Waals surface area contributed by atoms with Gasteiger partial charge in [-0.1, -0.05) is 17.7 Å². The van der Waals surface area contributed by atoms with Gasteiger partial charge in [-0.25, -0.2) is 17.4 Å². The van der Waals surface area contributed by atoms with Gasteiger partial charge >= 0.3 is 0 Å². The van der Waals surface area contributed by atoms with Crippen LogP contribution in [0.25, 0.3) is 11.0 Å². The number of nitrogens with zero attached hydrogens (tertiary/aromatic N) is 2. The van der Waals surface area contributed by atoms with Gasteiger partial charge in [-0.15, -0.1) is 0 Å². The number of aromatic hydroxyl groups is 1. The summed E-state index contributed by atoms with van der Waals surface area (Å²) in [6, 6.07) is 9.54. The highest BCUT2D eigenvalue weighted by atomic mass is 32.2. The minimum atomic E-state index is -3.71. The number of rotatable bonds is 2. The number of hydrogen-bond donors (Lipinski definition) is 1. The average molecular weight is 288 g/mol. The van der Waals surface area contributed by atoms with Gasteiger partial charge in [0.1, 0.15) is 5.75 Å². The lowest BCUT2D eigenvalue weighted by atomic mass is 10.2. The molecule has 1 aromatic carbocycles. The third-order valence-corrected chi connectivity index (χ3v) is 4.79. The summed E-state index contributed by atoms with van der Waals surface area (Å²) in [6.45, 7) is 1.89. The molecule has 3 aromatic rings. The van der Waals surface area contributed by atoms with E-state index in [0.717, 1.165) is 9.54 Å². The Kier molecular flexibility index (Phi) is 2.76. The second kappa shape index (κ2) is 4.35. The van der Waals surface area contributed by atoms with Crippen molar-refractivity contribution in [3.05, 3.63) is 54.4 Å². The van der Waals surface area contributed by atoms with Crippen LogP contribution in [0.3, 0.4) is 0 Å². The molecule has 2 heterocycles. The fourth-order valence-electron chi connectivity index (χ4n) is 2.02. The topological polar surface area (TPSA) is 72.2 Å². The summed E-state index contributed by atoms with van der Waals surface area (Å²) >= 11 is 0. The van der Waals surface area contributed by atoms with E-state index >= 15 is 0 Å². The van der Waals surface area contributed by atoms with Crippen LogP contribution in [0, 0.1) is 6.92 Å². The first-order valence-corrected chi connectivity index (χ1v) is 7.41. The number of aromatic nitrogens is 2. The molecule has 3 rings (SSSR count). The van der Waals surface area contributed by atoms with Crippen molar-refractivity contribution >= 4 is 21.1 Å². The van der Waals surface area contributed by atoms with Crippen LogP contribution in [0.2, 0.25) is 0 Å². The predicted molar refractivity (Wildman–Crippen MR) is 75.2 cm³/mol. The fraction of sp³-hybridized carbons (Fsp3) is 0.0714. The number of aryl methyl sites for hydroxylation is 1. The number of benzene rings is 1. The van der Waals surface area contributed by atoms with Crippen LogP contribution >= 0.6 is 0 Å². The normalized spacial score (nSPS) is 11.8. The molecular formula is C14H12N2O3S. The smallest absolute Gasteiger partial charge is 0.269 e. The molecule has 0 saturated carbocycles. The van der Waals surface area contributed by atoms with E-state index in [4.69, 9.17) is 0 Å². The van der Waals surface area contributed by atoms with Gasteiger partial charge in [-0.3, -0.25) is 0 Å². The average Bonchev–Trinajstić information content (AvgIpc) is 2.85. The van der Waals surface area contributed by atoms with E-state index in [9.17, 15) is 13.5 Å². The molecule has 0 saturated heterocycles. The summed E-state index contributed by atoms with van der Waals surface area (Å²) in [7, 11) is -3.71. The molecule has 0 fully saturated rings. The van der Waals surface area contributed by atoms with Crippen LogP contribution in [0.1, 0.15) is 5.56 Å². The van der Waals surface area contributed by atoms with Gasteiger partial charge in [-0.2, -0.15) is 0 Å². The van der Waals surface area contributed by atoms with E-state index in [2.05, 4.69) is 4.98 Å². The SMILES string of the molecule is Cc1ccc(S(=O)(=O)n2ccc3c(O)ccnc32)cc1. The molecule has 2 aromatic heterocycles. The highest BCUT2D eigenvalue weighted by molar-refractivity contribution is 7.90. The lowest BCUT2D eigenvalue weighted by Crippen LogP contribution is -2.12. The van der Waals surface area contributed by atoms with Crippen molar-refractivity contribution < 1.29 is 13.5 Å². The predicted octanol–water partition coefficient (Wildman–Crippen LogP) is 2.29. The summed E-state index contributed by atoms with van der Waals surface area (Å²) in [4.78, 5) is 4.22. The molecule has 6 heteroatoms. The summed E-state index contributed by atoms with van der Waals surface area (Å²) in [6.07, 6.45) is 2.77. The highest BCUT2D eigenvalue weighted by Crippen LogP contribution is 2.26. The van der Waals surface area contributed by atoms with Gasteiger partial charge in [0, 0.05) is 12.4 Å². The molecule has 0 spiro atoms. The van der Waals surface area contributed by atoms with Crippen molar-refractivity contribution in [2.24, 2.45) is 0 Å². The third-order valence-electron chi connectivity index (χ3n) is 3.11. The molecule has 0 aliphatic heterocycles. The maximum absolute atomic E-state index is 12.6. The van der Waals surface area contributed by atoms with Crippen molar-refractivity contribution in [2.75, 3.05) is 0 Å². The standard InChI is InChI=1S/C14H12N2O3S/c1-10-2-4-11(5-3-10)20(18,19)16-9-7-12-13(17)6-8-15-14(12)16/h2-9H,1H3,(H,15,17). The van der Waals surface area contributed by atoms with E-state index < -0.39 is 10.0 Å². The Morgan fingerprint density at radius 3 is 2.50 bits per heavy atom. The maximum Gasteiger partial charge on any atom is 0.269 e. The molecule has 102 valence electrons. The zero-order valence-electron chi connectivity index (χ0n) is 10.7. The highest BCUT2D eigenvalue weighted by Gasteiger charge is 2.20. The molecule has 0 radical (unpaired) electrons. The quantitative estimate of drug-likeness (QED) is 0.785. The van der Waals surface area contributed by atoms with Crippen molar-refractivity contribution in [1.82, 2.24) is 8.96 Å². The molecule has 1 N–H and O–H groups in total. The zero-order chi connectivity index (χ0) is 14.3. The molecule has 0 aliphatic rings. The maximum atomic E-state index is 12.6. The number of fused-ring (bicyclic) bond motifs is 1. The first-order valence-electron chi connectivity index (χ1n) is 5.97. The summed E-state index contributed by atoms with van der Waals surface area (Å²) < 4.78 is 26.2. The second-order valence-corrected chi connectivity index (χ2v) is 6.31. The fourth-order valence-corrected chi connectivity index (χ4v) is 3.32. The lowest BCUT2D eigenvalue weighted by molar-refractivity contribution is 0.481. The van der Waals surface area contributed by atoms with Crippen molar-refractivity contribution in [2.45, 2.75) is 11.8 Å². The Hall–Kier alpha value is -2.34. The monoisotopic (exact) mass is 288 g/mol. The number of hydrogen-bond acceptors (Lipinski definition) is 4. The first-order chi connectivity index (χ1) is 9.50. The summed E-state index contributed by atoms with van der Waals surface area (Å²) in [5.74, 6) is 0.00727.